The van der Waals surface area contributed by atoms with E-state index in [1.54, 1.807) is 31.4 Å². The summed E-state index contributed by atoms with van der Waals surface area (Å²) < 4.78 is 34.2. The van der Waals surface area contributed by atoms with E-state index in [1.165, 1.54) is 8.61 Å². The molecule has 122 valence electrons. The first kappa shape index (κ1) is 16.1. The SMILES string of the molecule is COc1cccc(N2c3ccccc3N(CCCBr)S2(=O)=O)c1. The van der Waals surface area contributed by atoms with E-state index in [0.29, 0.717) is 29.4 Å². The van der Waals surface area contributed by atoms with Gasteiger partial charge < -0.3 is 4.74 Å². The minimum absolute atomic E-state index is 0.436. The molecule has 0 amide bonds. The zero-order valence-electron chi connectivity index (χ0n) is 12.6. The largest absolute Gasteiger partial charge is 0.497 e. The Bertz CT molecular complexity index is 810. The highest BCUT2D eigenvalue weighted by Gasteiger charge is 2.40. The van der Waals surface area contributed by atoms with Crippen LogP contribution in [0.1, 0.15) is 6.42 Å². The molecule has 0 spiro atoms. The third-order valence-corrected chi connectivity index (χ3v) is 6.03. The third kappa shape index (κ3) is 2.79. The summed E-state index contributed by atoms with van der Waals surface area (Å²) in [5.74, 6) is 0.620. The molecule has 0 radical (unpaired) electrons. The lowest BCUT2D eigenvalue weighted by molar-refractivity contribution is 0.415. The maximum Gasteiger partial charge on any atom is 0.330 e. The number of hydrogen-bond donors (Lipinski definition) is 0. The molecule has 0 N–H and O–H groups in total. The van der Waals surface area contributed by atoms with Crippen LogP contribution in [0.25, 0.3) is 0 Å². The maximum absolute atomic E-state index is 13.1. The van der Waals surface area contributed by atoms with Crippen LogP contribution in [0, 0.1) is 0 Å². The summed E-state index contributed by atoms with van der Waals surface area (Å²) in [6.07, 6.45) is 0.736. The number of anilines is 3. The highest BCUT2D eigenvalue weighted by atomic mass is 79.9. The Kier molecular flexibility index (Phi) is 4.50. The number of ether oxygens (including phenoxy) is 1. The molecule has 0 fully saturated rings. The van der Waals surface area contributed by atoms with Crippen molar-refractivity contribution in [3.05, 3.63) is 48.5 Å². The van der Waals surface area contributed by atoms with E-state index in [1.807, 2.05) is 24.3 Å². The number of para-hydroxylation sites is 2. The zero-order chi connectivity index (χ0) is 16.4. The lowest BCUT2D eigenvalue weighted by Crippen LogP contribution is -2.36. The van der Waals surface area contributed by atoms with Crippen molar-refractivity contribution in [3.63, 3.8) is 0 Å². The van der Waals surface area contributed by atoms with Gasteiger partial charge in [0.15, 0.2) is 0 Å². The lowest BCUT2D eigenvalue weighted by atomic mass is 10.2. The second kappa shape index (κ2) is 6.41. The molecule has 1 heterocycles. The van der Waals surface area contributed by atoms with Crippen LogP contribution >= 0.6 is 15.9 Å². The van der Waals surface area contributed by atoms with Gasteiger partial charge in [-0.05, 0) is 30.7 Å². The van der Waals surface area contributed by atoms with Gasteiger partial charge in [0, 0.05) is 17.9 Å². The minimum Gasteiger partial charge on any atom is -0.497 e. The fourth-order valence-electron chi connectivity index (χ4n) is 2.64. The number of benzene rings is 2. The molecule has 2 aromatic carbocycles. The van der Waals surface area contributed by atoms with Crippen molar-refractivity contribution in [2.45, 2.75) is 6.42 Å². The normalized spacial score (nSPS) is 15.6. The summed E-state index contributed by atoms with van der Waals surface area (Å²) in [7, 11) is -2.08. The van der Waals surface area contributed by atoms with Crippen LogP contribution in [0.3, 0.4) is 0 Å². The number of methoxy groups -OCH3 is 1. The van der Waals surface area contributed by atoms with Gasteiger partial charge in [0.25, 0.3) is 0 Å². The second-order valence-electron chi connectivity index (χ2n) is 5.08. The van der Waals surface area contributed by atoms with E-state index in [4.69, 9.17) is 4.74 Å². The Labute approximate surface area is 144 Å². The summed E-state index contributed by atoms with van der Waals surface area (Å²) in [5.41, 5.74) is 1.93. The topological polar surface area (TPSA) is 49.9 Å². The fraction of sp³-hybridized carbons (Fsp3) is 0.250. The van der Waals surface area contributed by atoms with E-state index < -0.39 is 10.2 Å². The Morgan fingerprint density at radius 3 is 2.52 bits per heavy atom. The van der Waals surface area contributed by atoms with Crippen LogP contribution in [0.5, 0.6) is 5.75 Å². The van der Waals surface area contributed by atoms with E-state index in [0.717, 1.165) is 11.8 Å². The molecule has 0 aliphatic carbocycles. The summed E-state index contributed by atoms with van der Waals surface area (Å²) in [6, 6.07) is 14.4. The Balaban J connectivity index is 2.13. The summed E-state index contributed by atoms with van der Waals surface area (Å²) in [6.45, 7) is 0.436. The molecule has 0 unspecified atom stereocenters. The summed E-state index contributed by atoms with van der Waals surface area (Å²) in [5, 5.41) is 0.750. The third-order valence-electron chi connectivity index (χ3n) is 3.66. The van der Waals surface area contributed by atoms with Crippen LogP contribution < -0.4 is 13.3 Å². The number of halogens is 1. The van der Waals surface area contributed by atoms with Crippen LogP contribution in [0.2, 0.25) is 0 Å². The van der Waals surface area contributed by atoms with Gasteiger partial charge in [-0.3, -0.25) is 4.31 Å². The number of hydrogen-bond acceptors (Lipinski definition) is 3. The van der Waals surface area contributed by atoms with E-state index in [2.05, 4.69) is 15.9 Å². The van der Waals surface area contributed by atoms with Crippen molar-refractivity contribution in [1.82, 2.24) is 0 Å². The van der Waals surface area contributed by atoms with Crippen molar-refractivity contribution in [1.29, 1.82) is 0 Å². The molecule has 0 atom stereocenters. The standard InChI is InChI=1S/C16H17BrN2O3S/c1-22-14-7-4-6-13(12-14)19-16-9-3-2-8-15(16)18(11-5-10-17)23(19,20)21/h2-4,6-9,12H,5,10-11H2,1H3. The van der Waals surface area contributed by atoms with E-state index >= 15 is 0 Å². The smallest absolute Gasteiger partial charge is 0.330 e. The molecule has 7 heteroatoms. The highest BCUT2D eigenvalue weighted by Crippen LogP contribution is 2.45. The van der Waals surface area contributed by atoms with Gasteiger partial charge in [-0.2, -0.15) is 8.42 Å². The molecule has 0 bridgehead atoms. The maximum atomic E-state index is 13.1. The fourth-order valence-corrected chi connectivity index (χ4v) is 4.64. The molecular formula is C16H17BrN2O3S. The molecule has 23 heavy (non-hydrogen) atoms. The monoisotopic (exact) mass is 396 g/mol. The van der Waals surface area contributed by atoms with Crippen LogP contribution in [0.4, 0.5) is 17.1 Å². The van der Waals surface area contributed by atoms with E-state index in [9.17, 15) is 8.42 Å². The molecule has 3 rings (SSSR count). The van der Waals surface area contributed by atoms with Crippen LogP contribution in [-0.2, 0) is 10.2 Å². The molecule has 5 nitrogen and oxygen atoms in total. The number of fused-ring (bicyclic) bond motifs is 1. The van der Waals surface area contributed by atoms with Crippen LogP contribution in [-0.4, -0.2) is 27.4 Å². The number of nitrogens with zero attached hydrogens (tertiary/aromatic N) is 2. The Morgan fingerprint density at radius 1 is 1.09 bits per heavy atom. The molecule has 2 aromatic rings. The van der Waals surface area contributed by atoms with Gasteiger partial charge in [0.1, 0.15) is 5.75 Å². The molecule has 0 saturated carbocycles. The average Bonchev–Trinajstić information content (AvgIpc) is 2.79. The van der Waals surface area contributed by atoms with Gasteiger partial charge in [-0.15, -0.1) is 0 Å². The molecule has 1 aliphatic heterocycles. The highest BCUT2D eigenvalue weighted by molar-refractivity contribution is 9.09. The Hall–Kier alpha value is -1.73. The zero-order valence-corrected chi connectivity index (χ0v) is 15.0. The second-order valence-corrected chi connectivity index (χ2v) is 7.57. The van der Waals surface area contributed by atoms with Gasteiger partial charge in [-0.1, -0.05) is 34.1 Å². The minimum atomic E-state index is -3.65. The molecule has 0 saturated heterocycles. The van der Waals surface area contributed by atoms with Crippen molar-refractivity contribution < 1.29 is 13.2 Å². The van der Waals surface area contributed by atoms with E-state index in [-0.39, 0.29) is 0 Å². The summed E-state index contributed by atoms with van der Waals surface area (Å²) in [4.78, 5) is 0. The molecular weight excluding hydrogens is 380 g/mol. The van der Waals surface area contributed by atoms with Crippen molar-refractivity contribution >= 4 is 43.2 Å². The average molecular weight is 397 g/mol. The summed E-state index contributed by atoms with van der Waals surface area (Å²) >= 11 is 3.36. The first-order chi connectivity index (χ1) is 11.1. The van der Waals surface area contributed by atoms with Gasteiger partial charge in [-0.25, -0.2) is 4.31 Å². The first-order valence-corrected chi connectivity index (χ1v) is 9.73. The van der Waals surface area contributed by atoms with Crippen LogP contribution in [0.15, 0.2) is 48.5 Å². The van der Waals surface area contributed by atoms with Crippen molar-refractivity contribution in [2.24, 2.45) is 0 Å². The molecule has 0 aromatic heterocycles. The molecule has 1 aliphatic rings. The van der Waals surface area contributed by atoms with Crippen molar-refractivity contribution in [2.75, 3.05) is 27.6 Å². The van der Waals surface area contributed by atoms with Gasteiger partial charge in [0.2, 0.25) is 0 Å². The first-order valence-electron chi connectivity index (χ1n) is 7.21. The quantitative estimate of drug-likeness (QED) is 0.724. The number of rotatable bonds is 5. The van der Waals surface area contributed by atoms with Crippen molar-refractivity contribution in [3.8, 4) is 5.75 Å². The number of alkyl halides is 1. The van der Waals surface area contributed by atoms with Gasteiger partial charge >= 0.3 is 10.2 Å². The predicted molar refractivity (Wildman–Crippen MR) is 96.3 cm³/mol. The lowest BCUT2D eigenvalue weighted by Gasteiger charge is -2.21. The Morgan fingerprint density at radius 2 is 1.83 bits per heavy atom. The van der Waals surface area contributed by atoms with Gasteiger partial charge in [0.05, 0.1) is 24.2 Å². The predicted octanol–water partition coefficient (Wildman–Crippen LogP) is 3.68.